The number of nitrogens with zero attached hydrogens (tertiary/aromatic N) is 3. The molecule has 6 nitrogen and oxygen atoms in total. The van der Waals surface area contributed by atoms with Gasteiger partial charge in [0.25, 0.3) is 0 Å². The third-order valence-electron chi connectivity index (χ3n) is 4.72. The molecule has 0 saturated carbocycles. The van der Waals surface area contributed by atoms with Crippen LogP contribution in [0.25, 0.3) is 11.0 Å². The molecule has 2 heterocycles. The zero-order valence-electron chi connectivity index (χ0n) is 14.7. The van der Waals surface area contributed by atoms with Crippen LogP contribution in [-0.4, -0.2) is 38.9 Å². The fourth-order valence-corrected chi connectivity index (χ4v) is 3.38. The van der Waals surface area contributed by atoms with Gasteiger partial charge in [-0.3, -0.25) is 9.59 Å². The maximum atomic E-state index is 12.8. The molecule has 2 amide bonds. The lowest BCUT2D eigenvalue weighted by Crippen LogP contribution is -2.47. The molecule has 24 heavy (non-hydrogen) atoms. The molecule has 2 aromatic rings. The number of carbonyl (C=O) groups is 2. The Bertz CT molecular complexity index is 794. The Morgan fingerprint density at radius 2 is 2.08 bits per heavy atom. The van der Waals surface area contributed by atoms with Crippen molar-refractivity contribution in [3.8, 4) is 0 Å². The van der Waals surface area contributed by atoms with Crippen molar-refractivity contribution in [3.05, 3.63) is 24.0 Å². The predicted molar refractivity (Wildman–Crippen MR) is 93.7 cm³/mol. The number of likely N-dealkylation sites (tertiary alicyclic amines) is 1. The van der Waals surface area contributed by atoms with E-state index in [2.05, 4.69) is 10.3 Å². The molecule has 1 saturated heterocycles. The fourth-order valence-electron chi connectivity index (χ4n) is 3.38. The molecular weight excluding hydrogens is 304 g/mol. The summed E-state index contributed by atoms with van der Waals surface area (Å²) in [5.41, 5.74) is 2.59. The second-order valence-corrected chi connectivity index (χ2v) is 6.79. The highest BCUT2D eigenvalue weighted by Gasteiger charge is 2.34. The monoisotopic (exact) mass is 328 g/mol. The average Bonchev–Trinajstić information content (AvgIpc) is 3.04. The zero-order chi connectivity index (χ0) is 17.4. The van der Waals surface area contributed by atoms with Gasteiger partial charge in [0.05, 0.1) is 11.0 Å². The summed E-state index contributed by atoms with van der Waals surface area (Å²) in [6, 6.07) is 5.28. The predicted octanol–water partition coefficient (Wildman–Crippen LogP) is 2.47. The van der Waals surface area contributed by atoms with E-state index in [1.807, 2.05) is 50.6 Å². The number of nitrogens with one attached hydrogen (secondary N) is 1. The summed E-state index contributed by atoms with van der Waals surface area (Å²) in [4.78, 5) is 31.0. The lowest BCUT2D eigenvalue weighted by molar-refractivity contribution is -0.136. The van der Waals surface area contributed by atoms with Gasteiger partial charge in [-0.2, -0.15) is 0 Å². The highest BCUT2D eigenvalue weighted by molar-refractivity contribution is 5.98. The Morgan fingerprint density at radius 3 is 2.71 bits per heavy atom. The van der Waals surface area contributed by atoms with Crippen LogP contribution >= 0.6 is 0 Å². The SMILES string of the molecule is Cc1nc2cc(NC(=O)[C@@H](C(C)C)N3CCCC3=O)ccc2n1C. The normalized spacial score (nSPS) is 16.2. The molecule has 1 fully saturated rings. The molecule has 1 aromatic heterocycles. The van der Waals surface area contributed by atoms with Crippen LogP contribution in [0.3, 0.4) is 0 Å². The van der Waals surface area contributed by atoms with Crippen LogP contribution in [0.4, 0.5) is 5.69 Å². The van der Waals surface area contributed by atoms with Gasteiger partial charge in [-0.05, 0) is 37.5 Å². The van der Waals surface area contributed by atoms with E-state index in [9.17, 15) is 9.59 Å². The number of fused-ring (bicyclic) bond motifs is 1. The minimum Gasteiger partial charge on any atom is -0.331 e. The molecule has 1 aliphatic rings. The van der Waals surface area contributed by atoms with Crippen molar-refractivity contribution in [1.82, 2.24) is 14.5 Å². The summed E-state index contributed by atoms with van der Waals surface area (Å²) >= 11 is 0. The van der Waals surface area contributed by atoms with Crippen LogP contribution in [0.1, 0.15) is 32.5 Å². The van der Waals surface area contributed by atoms with Crippen molar-refractivity contribution in [3.63, 3.8) is 0 Å². The van der Waals surface area contributed by atoms with Gasteiger partial charge in [0, 0.05) is 25.7 Å². The quantitative estimate of drug-likeness (QED) is 0.937. The first-order valence-corrected chi connectivity index (χ1v) is 8.42. The van der Waals surface area contributed by atoms with Gasteiger partial charge in [0.1, 0.15) is 11.9 Å². The molecule has 1 aromatic carbocycles. The Morgan fingerprint density at radius 1 is 1.33 bits per heavy atom. The molecular formula is C18H24N4O2. The van der Waals surface area contributed by atoms with Gasteiger partial charge in [-0.25, -0.2) is 4.98 Å². The molecule has 128 valence electrons. The van der Waals surface area contributed by atoms with Crippen molar-refractivity contribution in [1.29, 1.82) is 0 Å². The molecule has 0 spiro atoms. The van der Waals surface area contributed by atoms with E-state index in [1.54, 1.807) is 4.90 Å². The summed E-state index contributed by atoms with van der Waals surface area (Å²) in [6.07, 6.45) is 1.37. The number of rotatable bonds is 4. The summed E-state index contributed by atoms with van der Waals surface area (Å²) in [7, 11) is 1.97. The minimum absolute atomic E-state index is 0.0628. The second kappa shape index (κ2) is 6.26. The Labute approximate surface area is 141 Å². The smallest absolute Gasteiger partial charge is 0.247 e. The number of anilines is 1. The maximum absolute atomic E-state index is 12.8. The zero-order valence-corrected chi connectivity index (χ0v) is 14.7. The molecule has 0 radical (unpaired) electrons. The molecule has 1 atom stereocenters. The van der Waals surface area contributed by atoms with Gasteiger partial charge >= 0.3 is 0 Å². The molecule has 0 unspecified atom stereocenters. The van der Waals surface area contributed by atoms with Crippen LogP contribution < -0.4 is 5.32 Å². The number of amides is 2. The lowest BCUT2D eigenvalue weighted by Gasteiger charge is -2.29. The third kappa shape index (κ3) is 2.88. The van der Waals surface area contributed by atoms with E-state index in [1.165, 1.54) is 0 Å². The summed E-state index contributed by atoms with van der Waals surface area (Å²) in [5, 5.41) is 2.96. The number of benzene rings is 1. The highest BCUT2D eigenvalue weighted by Crippen LogP contribution is 2.23. The van der Waals surface area contributed by atoms with E-state index in [0.717, 1.165) is 23.3 Å². The molecule has 3 rings (SSSR count). The number of carbonyl (C=O) groups excluding carboxylic acids is 2. The van der Waals surface area contributed by atoms with E-state index >= 15 is 0 Å². The first-order valence-electron chi connectivity index (χ1n) is 8.42. The van der Waals surface area contributed by atoms with E-state index < -0.39 is 6.04 Å². The lowest BCUT2D eigenvalue weighted by atomic mass is 10.0. The molecule has 1 aliphatic heterocycles. The van der Waals surface area contributed by atoms with Crippen LogP contribution in [-0.2, 0) is 16.6 Å². The summed E-state index contributed by atoms with van der Waals surface area (Å²) < 4.78 is 2.01. The second-order valence-electron chi connectivity index (χ2n) is 6.79. The molecule has 6 heteroatoms. The molecule has 1 N–H and O–H groups in total. The standard InChI is InChI=1S/C18H24N4O2/c1-11(2)17(22-9-5-6-16(22)23)18(24)20-13-7-8-15-14(10-13)19-12(3)21(15)4/h7-8,10-11,17H,5-6,9H2,1-4H3,(H,20,24)/t17-/m1/s1. The maximum Gasteiger partial charge on any atom is 0.247 e. The molecule has 0 bridgehead atoms. The Balaban J connectivity index is 1.83. The third-order valence-corrected chi connectivity index (χ3v) is 4.72. The van der Waals surface area contributed by atoms with Crippen molar-refractivity contribution in [2.24, 2.45) is 13.0 Å². The van der Waals surface area contributed by atoms with E-state index in [0.29, 0.717) is 18.7 Å². The van der Waals surface area contributed by atoms with Crippen LogP contribution in [0.2, 0.25) is 0 Å². The number of hydrogen-bond acceptors (Lipinski definition) is 3. The van der Waals surface area contributed by atoms with Gasteiger partial charge in [-0.15, -0.1) is 0 Å². The fraction of sp³-hybridized carbons (Fsp3) is 0.500. The van der Waals surface area contributed by atoms with E-state index in [4.69, 9.17) is 0 Å². The van der Waals surface area contributed by atoms with Crippen LogP contribution in [0, 0.1) is 12.8 Å². The van der Waals surface area contributed by atoms with Crippen molar-refractivity contribution >= 4 is 28.5 Å². The van der Waals surface area contributed by atoms with Gasteiger partial charge in [-0.1, -0.05) is 13.8 Å². The van der Waals surface area contributed by atoms with Crippen LogP contribution in [0.15, 0.2) is 18.2 Å². The average molecular weight is 328 g/mol. The van der Waals surface area contributed by atoms with Crippen LogP contribution in [0.5, 0.6) is 0 Å². The number of imidazole rings is 1. The van der Waals surface area contributed by atoms with Crippen molar-refractivity contribution < 1.29 is 9.59 Å². The van der Waals surface area contributed by atoms with Gasteiger partial charge < -0.3 is 14.8 Å². The van der Waals surface area contributed by atoms with E-state index in [-0.39, 0.29) is 17.7 Å². The topological polar surface area (TPSA) is 67.2 Å². The summed E-state index contributed by atoms with van der Waals surface area (Å²) in [5.74, 6) is 0.927. The number of aromatic nitrogens is 2. The summed E-state index contributed by atoms with van der Waals surface area (Å²) in [6.45, 7) is 6.56. The molecule has 0 aliphatic carbocycles. The van der Waals surface area contributed by atoms with Gasteiger partial charge in [0.15, 0.2) is 0 Å². The van der Waals surface area contributed by atoms with Crippen molar-refractivity contribution in [2.75, 3.05) is 11.9 Å². The Hall–Kier alpha value is -2.37. The number of hydrogen-bond donors (Lipinski definition) is 1. The van der Waals surface area contributed by atoms with Gasteiger partial charge in [0.2, 0.25) is 11.8 Å². The van der Waals surface area contributed by atoms with Crippen molar-refractivity contribution in [2.45, 2.75) is 39.7 Å². The number of aryl methyl sites for hydroxylation is 2. The highest BCUT2D eigenvalue weighted by atomic mass is 16.2. The first-order chi connectivity index (χ1) is 11.4. The minimum atomic E-state index is -0.429. The Kier molecular flexibility index (Phi) is 4.30. The largest absolute Gasteiger partial charge is 0.331 e. The first kappa shape index (κ1) is 16.5.